The molecule has 0 aromatic carbocycles. The van der Waals surface area contributed by atoms with Crippen LogP contribution in [0, 0.1) is 5.92 Å². The number of nitrogens with two attached hydrogens (primary N) is 1. The van der Waals surface area contributed by atoms with E-state index in [9.17, 15) is 4.79 Å². The highest BCUT2D eigenvalue weighted by Gasteiger charge is 2.14. The molecule has 0 amide bonds. The molecule has 1 aliphatic rings. The van der Waals surface area contributed by atoms with Gasteiger partial charge in [0.2, 0.25) is 0 Å². The van der Waals surface area contributed by atoms with Crippen LogP contribution in [0.4, 0.5) is 11.5 Å². The first-order valence-corrected chi connectivity index (χ1v) is 5.84. The summed E-state index contributed by atoms with van der Waals surface area (Å²) in [6, 6.07) is 0. The van der Waals surface area contributed by atoms with E-state index in [4.69, 9.17) is 5.73 Å². The van der Waals surface area contributed by atoms with Gasteiger partial charge >= 0.3 is 0 Å². The van der Waals surface area contributed by atoms with Crippen molar-refractivity contribution in [3.63, 3.8) is 0 Å². The fourth-order valence-corrected chi connectivity index (χ4v) is 2.18. The number of nitrogens with zero attached hydrogens (tertiary/aromatic N) is 1. The zero-order valence-corrected chi connectivity index (χ0v) is 9.33. The monoisotopic (exact) mass is 222 g/mol. The second kappa shape index (κ2) is 5.01. The molecule has 2 rings (SSSR count). The van der Waals surface area contributed by atoms with Gasteiger partial charge in [-0.25, -0.2) is 4.98 Å². The minimum Gasteiger partial charge on any atom is -0.391 e. The number of anilines is 2. The van der Waals surface area contributed by atoms with Crippen molar-refractivity contribution in [3.05, 3.63) is 16.7 Å². The van der Waals surface area contributed by atoms with Crippen LogP contribution in [0.15, 0.2) is 11.1 Å². The lowest BCUT2D eigenvalue weighted by Gasteiger charge is -2.22. The Labute approximate surface area is 94.5 Å². The summed E-state index contributed by atoms with van der Waals surface area (Å²) in [5, 5.41) is 3.17. The van der Waals surface area contributed by atoms with Gasteiger partial charge < -0.3 is 16.0 Å². The van der Waals surface area contributed by atoms with Gasteiger partial charge in [0.1, 0.15) is 5.69 Å². The van der Waals surface area contributed by atoms with E-state index in [0.29, 0.717) is 11.7 Å². The fraction of sp³-hybridized carbons (Fsp3) is 0.636. The number of hydrogen-bond acceptors (Lipinski definition) is 4. The van der Waals surface area contributed by atoms with Crippen LogP contribution in [0.2, 0.25) is 0 Å². The SMILES string of the molecule is Nc1c(NCC2CCCCC2)nc[nH]c1=O. The molecule has 0 spiro atoms. The van der Waals surface area contributed by atoms with Crippen molar-refractivity contribution in [3.8, 4) is 0 Å². The lowest BCUT2D eigenvalue weighted by atomic mass is 9.89. The van der Waals surface area contributed by atoms with E-state index in [1.54, 1.807) is 0 Å². The van der Waals surface area contributed by atoms with Gasteiger partial charge in [0, 0.05) is 6.54 Å². The molecule has 1 fully saturated rings. The molecular weight excluding hydrogens is 204 g/mol. The maximum absolute atomic E-state index is 11.2. The van der Waals surface area contributed by atoms with Crippen molar-refractivity contribution in [2.45, 2.75) is 32.1 Å². The molecule has 1 aromatic heterocycles. The van der Waals surface area contributed by atoms with Crippen molar-refractivity contribution in [1.82, 2.24) is 9.97 Å². The average molecular weight is 222 g/mol. The number of nitrogen functional groups attached to an aromatic ring is 1. The van der Waals surface area contributed by atoms with Crippen LogP contribution >= 0.6 is 0 Å². The Morgan fingerprint density at radius 1 is 1.44 bits per heavy atom. The zero-order chi connectivity index (χ0) is 11.4. The molecule has 0 atom stereocenters. The quantitative estimate of drug-likeness (QED) is 0.720. The number of H-pyrrole nitrogens is 1. The van der Waals surface area contributed by atoms with Gasteiger partial charge in [0.25, 0.3) is 5.56 Å². The second-order valence-corrected chi connectivity index (χ2v) is 4.38. The first kappa shape index (κ1) is 11.0. The molecule has 16 heavy (non-hydrogen) atoms. The number of rotatable bonds is 3. The third-order valence-electron chi connectivity index (χ3n) is 3.17. The van der Waals surface area contributed by atoms with E-state index in [2.05, 4.69) is 15.3 Å². The molecule has 0 bridgehead atoms. The molecule has 0 radical (unpaired) electrons. The molecule has 0 aliphatic heterocycles. The van der Waals surface area contributed by atoms with Crippen molar-refractivity contribution < 1.29 is 0 Å². The van der Waals surface area contributed by atoms with Gasteiger partial charge in [-0.1, -0.05) is 19.3 Å². The standard InChI is InChI=1S/C11H18N4O/c12-9-10(14-7-15-11(9)16)13-6-8-4-2-1-3-5-8/h7-8H,1-6,12H2,(H2,13,14,15,16). The molecule has 0 unspecified atom stereocenters. The van der Waals surface area contributed by atoms with Gasteiger partial charge in [0.15, 0.2) is 5.82 Å². The second-order valence-electron chi connectivity index (χ2n) is 4.38. The summed E-state index contributed by atoms with van der Waals surface area (Å²) in [5.41, 5.74) is 5.53. The van der Waals surface area contributed by atoms with Gasteiger partial charge in [-0.2, -0.15) is 0 Å². The van der Waals surface area contributed by atoms with Crippen LogP contribution in [0.3, 0.4) is 0 Å². The Morgan fingerprint density at radius 2 is 2.19 bits per heavy atom. The molecule has 5 heteroatoms. The van der Waals surface area contributed by atoms with Gasteiger partial charge in [-0.15, -0.1) is 0 Å². The summed E-state index contributed by atoms with van der Waals surface area (Å²) in [4.78, 5) is 17.7. The first-order chi connectivity index (χ1) is 7.77. The summed E-state index contributed by atoms with van der Waals surface area (Å²) in [5.74, 6) is 1.20. The molecule has 5 nitrogen and oxygen atoms in total. The van der Waals surface area contributed by atoms with E-state index in [-0.39, 0.29) is 11.2 Å². The third kappa shape index (κ3) is 2.53. The van der Waals surface area contributed by atoms with Gasteiger partial charge in [0.05, 0.1) is 6.33 Å². The number of nitrogens with one attached hydrogen (secondary N) is 2. The van der Waals surface area contributed by atoms with Crippen molar-refractivity contribution in [2.75, 3.05) is 17.6 Å². The largest absolute Gasteiger partial charge is 0.391 e. The van der Waals surface area contributed by atoms with Crippen LogP contribution in [0.1, 0.15) is 32.1 Å². The highest BCUT2D eigenvalue weighted by atomic mass is 16.1. The molecular formula is C11H18N4O. The first-order valence-electron chi connectivity index (χ1n) is 5.84. The predicted octanol–water partition coefficient (Wildman–Crippen LogP) is 1.34. The van der Waals surface area contributed by atoms with E-state index < -0.39 is 0 Å². The van der Waals surface area contributed by atoms with Crippen LogP contribution < -0.4 is 16.6 Å². The van der Waals surface area contributed by atoms with Gasteiger partial charge in [-0.3, -0.25) is 4.79 Å². The summed E-state index contributed by atoms with van der Waals surface area (Å²) in [7, 11) is 0. The number of aromatic nitrogens is 2. The van der Waals surface area contributed by atoms with Crippen molar-refractivity contribution >= 4 is 11.5 Å². The Bertz CT molecular complexity index is 395. The average Bonchev–Trinajstić information content (AvgIpc) is 2.32. The third-order valence-corrected chi connectivity index (χ3v) is 3.17. The van der Waals surface area contributed by atoms with Crippen LogP contribution in [-0.4, -0.2) is 16.5 Å². The molecule has 1 aliphatic carbocycles. The molecule has 1 heterocycles. The normalized spacial score (nSPS) is 17.2. The highest BCUT2D eigenvalue weighted by molar-refractivity contribution is 5.58. The summed E-state index contributed by atoms with van der Waals surface area (Å²) >= 11 is 0. The van der Waals surface area contributed by atoms with Crippen LogP contribution in [-0.2, 0) is 0 Å². The molecule has 88 valence electrons. The maximum Gasteiger partial charge on any atom is 0.276 e. The Balaban J connectivity index is 1.93. The fourth-order valence-electron chi connectivity index (χ4n) is 2.18. The van der Waals surface area contributed by atoms with E-state index in [0.717, 1.165) is 6.54 Å². The highest BCUT2D eigenvalue weighted by Crippen LogP contribution is 2.23. The van der Waals surface area contributed by atoms with Crippen molar-refractivity contribution in [1.29, 1.82) is 0 Å². The Kier molecular flexibility index (Phi) is 3.44. The van der Waals surface area contributed by atoms with Crippen LogP contribution in [0.5, 0.6) is 0 Å². The van der Waals surface area contributed by atoms with E-state index >= 15 is 0 Å². The number of hydrogen-bond donors (Lipinski definition) is 3. The molecule has 1 saturated carbocycles. The minimum atomic E-state index is -0.277. The lowest BCUT2D eigenvalue weighted by molar-refractivity contribution is 0.373. The minimum absolute atomic E-state index is 0.179. The van der Waals surface area contributed by atoms with Gasteiger partial charge in [-0.05, 0) is 18.8 Å². The summed E-state index contributed by atoms with van der Waals surface area (Å²) in [6.07, 6.45) is 7.87. The molecule has 0 saturated heterocycles. The molecule has 4 N–H and O–H groups in total. The summed E-state index contributed by atoms with van der Waals surface area (Å²) < 4.78 is 0. The smallest absolute Gasteiger partial charge is 0.276 e. The van der Waals surface area contributed by atoms with Crippen molar-refractivity contribution in [2.24, 2.45) is 5.92 Å². The Hall–Kier alpha value is -1.52. The van der Waals surface area contributed by atoms with Crippen LogP contribution in [0.25, 0.3) is 0 Å². The lowest BCUT2D eigenvalue weighted by Crippen LogP contribution is -2.21. The predicted molar refractivity (Wildman–Crippen MR) is 64.3 cm³/mol. The van der Waals surface area contributed by atoms with E-state index in [1.807, 2.05) is 0 Å². The Morgan fingerprint density at radius 3 is 2.94 bits per heavy atom. The topological polar surface area (TPSA) is 83.8 Å². The maximum atomic E-state index is 11.2. The summed E-state index contributed by atoms with van der Waals surface area (Å²) in [6.45, 7) is 0.862. The zero-order valence-electron chi connectivity index (χ0n) is 9.33. The molecule has 1 aromatic rings. The number of aromatic amines is 1. The van der Waals surface area contributed by atoms with E-state index in [1.165, 1.54) is 38.4 Å².